The molecule has 4 aliphatic rings. The number of carbonyl (C=O) groups excluding carboxylic acids is 1. The third-order valence-electron chi connectivity index (χ3n) is 7.35. The minimum Gasteiger partial charge on any atom is -0.489 e. The lowest BCUT2D eigenvalue weighted by molar-refractivity contribution is 0.00292. The van der Waals surface area contributed by atoms with E-state index < -0.39 is 12.2 Å². The van der Waals surface area contributed by atoms with E-state index in [9.17, 15) is 18.0 Å². The van der Waals surface area contributed by atoms with Crippen LogP contribution in [0.3, 0.4) is 0 Å². The quantitative estimate of drug-likeness (QED) is 0.610. The van der Waals surface area contributed by atoms with E-state index in [2.05, 4.69) is 17.2 Å². The van der Waals surface area contributed by atoms with Crippen molar-refractivity contribution in [3.8, 4) is 5.75 Å². The Bertz CT molecular complexity index is 1170. The summed E-state index contributed by atoms with van der Waals surface area (Å²) in [7, 11) is 0. The van der Waals surface area contributed by atoms with Crippen molar-refractivity contribution in [2.45, 2.75) is 50.8 Å². The molecule has 4 heterocycles. The first-order chi connectivity index (χ1) is 17.2. The largest absolute Gasteiger partial charge is 0.489 e. The maximum atomic E-state index is 14.2. The van der Waals surface area contributed by atoms with Gasteiger partial charge in [0.15, 0.2) is 0 Å². The van der Waals surface area contributed by atoms with E-state index in [4.69, 9.17) is 21.7 Å². The molecule has 2 N–H and O–H groups in total. The molecule has 11 heteroatoms. The van der Waals surface area contributed by atoms with Crippen LogP contribution in [-0.2, 0) is 0 Å². The molecule has 1 aromatic carbocycles. The predicted molar refractivity (Wildman–Crippen MR) is 130 cm³/mol. The maximum Gasteiger partial charge on any atom is 0.258 e. The Kier molecular flexibility index (Phi) is 6.82. The number of likely N-dealkylation sites (tertiary alicyclic amines) is 1. The van der Waals surface area contributed by atoms with Crippen LogP contribution in [0.1, 0.15) is 36.5 Å². The lowest BCUT2D eigenvalue weighted by Crippen LogP contribution is -2.49. The smallest absolute Gasteiger partial charge is 0.258 e. The molecule has 36 heavy (non-hydrogen) atoms. The summed E-state index contributed by atoms with van der Waals surface area (Å²) >= 11 is 5.88. The first-order valence-corrected chi connectivity index (χ1v) is 12.3. The number of allylic oxidation sites excluding steroid dienone is 1. The molecule has 1 amide bonds. The van der Waals surface area contributed by atoms with Crippen LogP contribution in [0.15, 0.2) is 45.8 Å². The molecule has 0 saturated carbocycles. The molecule has 0 aromatic heterocycles. The average molecular weight is 522 g/mol. The number of aliphatic imine (C=N–C) groups is 1. The van der Waals surface area contributed by atoms with Gasteiger partial charge in [0.05, 0.1) is 35.9 Å². The first kappa shape index (κ1) is 24.8. The van der Waals surface area contributed by atoms with Crippen molar-refractivity contribution in [2.75, 3.05) is 19.6 Å². The van der Waals surface area contributed by atoms with Gasteiger partial charge in [0.25, 0.3) is 12.3 Å². The van der Waals surface area contributed by atoms with Crippen molar-refractivity contribution in [1.29, 1.82) is 5.41 Å². The van der Waals surface area contributed by atoms with Crippen LogP contribution in [0.4, 0.5) is 13.2 Å². The zero-order chi connectivity index (χ0) is 25.6. The van der Waals surface area contributed by atoms with Crippen LogP contribution in [0.5, 0.6) is 5.75 Å². The number of piperidine rings is 1. The second-order valence-corrected chi connectivity index (χ2v) is 10.2. The van der Waals surface area contributed by atoms with Crippen LogP contribution in [0.25, 0.3) is 0 Å². The van der Waals surface area contributed by atoms with Gasteiger partial charge in [-0.2, -0.15) is 0 Å². The SMILES string of the molecule is CC1CC2CC(Oc3cc(F)ccc3C(=O)N3CC(=N)/C(=C4/N=CC(Cl)=CN4)C3)CC1N2CC(F)F. The van der Waals surface area contributed by atoms with Gasteiger partial charge in [-0.1, -0.05) is 18.5 Å². The number of nitrogens with zero attached hydrogens (tertiary/aromatic N) is 3. The summed E-state index contributed by atoms with van der Waals surface area (Å²) in [5.74, 6) is -0.0654. The van der Waals surface area contributed by atoms with E-state index in [1.165, 1.54) is 29.3 Å². The molecule has 0 radical (unpaired) electrons. The molecule has 2 bridgehead atoms. The minimum atomic E-state index is -2.40. The predicted octanol–water partition coefficient (Wildman–Crippen LogP) is 4.15. The number of alkyl halides is 2. The van der Waals surface area contributed by atoms with Gasteiger partial charge >= 0.3 is 0 Å². The standard InChI is InChI=1S/C25H27ClF3N5O2/c1-13-4-16-6-17(7-21(13)34(16)12-23(28)29)36-22-5-15(27)2-3-18(22)25(35)33-10-19(20(30)11-33)24-31-8-14(26)9-32-24/h2-3,5,8-9,13,16-17,21,23,30-31H,4,6-7,10-12H2,1H3/b24-19+,30-20?. The van der Waals surface area contributed by atoms with Gasteiger partial charge in [-0.05, 0) is 30.9 Å². The normalized spacial score (nSPS) is 30.1. The summed E-state index contributed by atoms with van der Waals surface area (Å²) in [6, 6.07) is 3.74. The number of nitrogens with one attached hydrogen (secondary N) is 2. The summed E-state index contributed by atoms with van der Waals surface area (Å²) in [6.07, 6.45) is 2.22. The second kappa shape index (κ2) is 9.89. The summed E-state index contributed by atoms with van der Waals surface area (Å²) in [5, 5.41) is 11.7. The van der Waals surface area contributed by atoms with Crippen LogP contribution in [0, 0.1) is 17.1 Å². The first-order valence-electron chi connectivity index (χ1n) is 12.0. The van der Waals surface area contributed by atoms with E-state index in [-0.39, 0.29) is 66.7 Å². The Balaban J connectivity index is 1.33. The van der Waals surface area contributed by atoms with E-state index in [0.717, 1.165) is 6.42 Å². The summed E-state index contributed by atoms with van der Waals surface area (Å²) in [5.41, 5.74) is 1.02. The van der Waals surface area contributed by atoms with E-state index in [1.807, 2.05) is 4.90 Å². The van der Waals surface area contributed by atoms with E-state index in [0.29, 0.717) is 29.3 Å². The zero-order valence-corrected chi connectivity index (χ0v) is 20.4. The highest BCUT2D eigenvalue weighted by Gasteiger charge is 2.46. The third kappa shape index (κ3) is 4.88. The number of ether oxygens (including phenoxy) is 1. The topological polar surface area (TPSA) is 81.0 Å². The highest BCUT2D eigenvalue weighted by Crippen LogP contribution is 2.41. The van der Waals surface area contributed by atoms with E-state index >= 15 is 0 Å². The fraction of sp³-hybridized carbons (Fsp3) is 0.480. The Morgan fingerprint density at radius 1 is 1.31 bits per heavy atom. The minimum absolute atomic E-state index is 0.0233. The van der Waals surface area contributed by atoms with Gasteiger partial charge < -0.3 is 20.4 Å². The summed E-state index contributed by atoms with van der Waals surface area (Å²) in [4.78, 5) is 21.0. The molecule has 1 aromatic rings. The average Bonchev–Trinajstić information content (AvgIpc) is 3.28. The summed E-state index contributed by atoms with van der Waals surface area (Å²) < 4.78 is 46.6. The molecule has 3 saturated heterocycles. The van der Waals surface area contributed by atoms with Crippen molar-refractivity contribution < 1.29 is 22.7 Å². The monoisotopic (exact) mass is 521 g/mol. The zero-order valence-electron chi connectivity index (χ0n) is 19.7. The Labute approximate surface area is 212 Å². The van der Waals surface area contributed by atoms with Gasteiger partial charge in [-0.25, -0.2) is 18.2 Å². The molecule has 7 nitrogen and oxygen atoms in total. The van der Waals surface area contributed by atoms with Crippen LogP contribution < -0.4 is 10.1 Å². The lowest BCUT2D eigenvalue weighted by atomic mass is 9.97. The number of hydrogen-bond acceptors (Lipinski definition) is 6. The number of benzene rings is 1. The highest BCUT2D eigenvalue weighted by molar-refractivity contribution is 6.39. The van der Waals surface area contributed by atoms with Crippen LogP contribution >= 0.6 is 11.6 Å². The van der Waals surface area contributed by atoms with Crippen molar-refractivity contribution in [3.63, 3.8) is 0 Å². The highest BCUT2D eigenvalue weighted by atomic mass is 35.5. The van der Waals surface area contributed by atoms with Crippen molar-refractivity contribution >= 4 is 29.4 Å². The Hall–Kier alpha value is -2.85. The van der Waals surface area contributed by atoms with Crippen molar-refractivity contribution in [2.24, 2.45) is 10.9 Å². The molecule has 4 aliphatic heterocycles. The number of amides is 1. The van der Waals surface area contributed by atoms with Gasteiger partial charge in [0.1, 0.15) is 23.5 Å². The van der Waals surface area contributed by atoms with Gasteiger partial charge in [-0.3, -0.25) is 9.69 Å². The Morgan fingerprint density at radius 2 is 2.11 bits per heavy atom. The molecule has 0 aliphatic carbocycles. The number of rotatable bonds is 5. The van der Waals surface area contributed by atoms with Gasteiger partial charge in [0.2, 0.25) is 0 Å². The summed E-state index contributed by atoms with van der Waals surface area (Å²) in [6.45, 7) is 2.05. The molecule has 192 valence electrons. The second-order valence-electron chi connectivity index (χ2n) is 9.77. The fourth-order valence-electron chi connectivity index (χ4n) is 5.74. The van der Waals surface area contributed by atoms with Crippen LogP contribution in [0.2, 0.25) is 0 Å². The van der Waals surface area contributed by atoms with Gasteiger partial charge in [-0.15, -0.1) is 0 Å². The fourth-order valence-corrected chi connectivity index (χ4v) is 5.84. The maximum absolute atomic E-state index is 14.2. The van der Waals surface area contributed by atoms with E-state index in [1.54, 1.807) is 6.20 Å². The van der Waals surface area contributed by atoms with Crippen LogP contribution in [-0.4, -0.2) is 71.9 Å². The molecular formula is C25H27ClF3N5O2. The number of carbonyl (C=O) groups is 1. The number of halogens is 4. The lowest BCUT2D eigenvalue weighted by Gasteiger charge is -2.39. The molecule has 4 unspecified atom stereocenters. The molecule has 3 fully saturated rings. The van der Waals surface area contributed by atoms with Gasteiger partial charge in [0, 0.05) is 42.6 Å². The number of fused-ring (bicyclic) bond motifs is 2. The molecule has 4 atom stereocenters. The third-order valence-corrected chi connectivity index (χ3v) is 7.56. The Morgan fingerprint density at radius 3 is 2.81 bits per heavy atom. The molecule has 0 spiro atoms. The molecule has 5 rings (SSSR count). The number of hydrogen-bond donors (Lipinski definition) is 2. The van der Waals surface area contributed by atoms with Crippen molar-refractivity contribution in [3.05, 3.63) is 52.2 Å². The van der Waals surface area contributed by atoms with Crippen molar-refractivity contribution in [1.82, 2.24) is 15.1 Å². The molecular weight excluding hydrogens is 495 g/mol.